The van der Waals surface area contributed by atoms with Crippen LogP contribution in [0.3, 0.4) is 0 Å². The Bertz CT molecular complexity index is 963. The van der Waals surface area contributed by atoms with Gasteiger partial charge in [0.1, 0.15) is 0 Å². The topological polar surface area (TPSA) is 56.3 Å². The molecule has 3 aromatic rings. The minimum absolute atomic E-state index is 0.0508. The molecule has 0 saturated heterocycles. The normalized spacial score (nSPS) is 16.9. The van der Waals surface area contributed by atoms with Crippen molar-refractivity contribution in [1.29, 1.82) is 0 Å². The first kappa shape index (κ1) is 16.2. The molecular weight excluding hydrogens is 336 g/mol. The molecule has 0 spiro atoms. The van der Waals surface area contributed by atoms with Crippen LogP contribution in [0.25, 0.3) is 10.9 Å². The van der Waals surface area contributed by atoms with Crippen molar-refractivity contribution in [3.05, 3.63) is 69.9 Å². The molecule has 4 rings (SSSR count). The molecule has 1 unspecified atom stereocenters. The summed E-state index contributed by atoms with van der Waals surface area (Å²) in [5.41, 5.74) is 4.74. The average molecular weight is 355 g/mol. The molecule has 0 bridgehead atoms. The highest BCUT2D eigenvalue weighted by Gasteiger charge is 2.33. The monoisotopic (exact) mass is 354 g/mol. The number of carbonyl (C=O) groups is 1. The molecule has 1 aliphatic rings. The molecule has 1 aromatic heterocycles. The number of aromatic amines is 1. The van der Waals surface area contributed by atoms with Crippen molar-refractivity contribution in [2.45, 2.75) is 19.4 Å². The lowest BCUT2D eigenvalue weighted by atomic mass is 9.96. The Morgan fingerprint density at radius 1 is 1.32 bits per heavy atom. The van der Waals surface area contributed by atoms with Crippen molar-refractivity contribution in [3.8, 4) is 0 Å². The average Bonchev–Trinajstić information content (AvgIpc) is 2.98. The van der Waals surface area contributed by atoms with Crippen LogP contribution in [0.15, 0.2) is 42.5 Å². The second kappa shape index (κ2) is 6.21. The van der Waals surface area contributed by atoms with Gasteiger partial charge < -0.3 is 15.0 Å². The maximum atomic E-state index is 13.0. The molecule has 128 valence electrons. The number of hydrogen-bond acceptors (Lipinski definition) is 2. The molecule has 0 aliphatic carbocycles. The number of aryl methyl sites for hydroxylation is 1. The highest BCUT2D eigenvalue weighted by Crippen LogP contribution is 2.36. The van der Waals surface area contributed by atoms with Crippen molar-refractivity contribution in [3.63, 3.8) is 0 Å². The fourth-order valence-corrected chi connectivity index (χ4v) is 3.89. The molecule has 4 nitrogen and oxygen atoms in total. The van der Waals surface area contributed by atoms with Gasteiger partial charge in [-0.25, -0.2) is 0 Å². The summed E-state index contributed by atoms with van der Waals surface area (Å²) >= 11 is 6.13. The van der Waals surface area contributed by atoms with E-state index in [9.17, 15) is 9.90 Å². The minimum Gasteiger partial charge on any atom is -0.394 e. The Balaban J connectivity index is 1.76. The first-order valence-corrected chi connectivity index (χ1v) is 8.75. The van der Waals surface area contributed by atoms with Crippen LogP contribution in [0, 0.1) is 6.92 Å². The lowest BCUT2D eigenvalue weighted by Crippen LogP contribution is -2.41. The van der Waals surface area contributed by atoms with Crippen LogP contribution in [0.5, 0.6) is 0 Å². The van der Waals surface area contributed by atoms with Gasteiger partial charge in [-0.05, 0) is 49.2 Å². The zero-order chi connectivity index (χ0) is 17.6. The molecule has 0 radical (unpaired) electrons. The van der Waals surface area contributed by atoms with Crippen LogP contribution in [0.2, 0.25) is 5.02 Å². The summed E-state index contributed by atoms with van der Waals surface area (Å²) in [6.45, 7) is 2.42. The molecule has 5 heteroatoms. The number of rotatable bonds is 2. The zero-order valence-electron chi connectivity index (χ0n) is 13.9. The number of nitrogens with one attached hydrogen (secondary N) is 1. The third-order valence-electron chi connectivity index (χ3n) is 4.91. The Morgan fingerprint density at radius 2 is 2.16 bits per heavy atom. The molecule has 0 saturated carbocycles. The van der Waals surface area contributed by atoms with Crippen molar-refractivity contribution in [2.24, 2.45) is 0 Å². The van der Waals surface area contributed by atoms with Gasteiger partial charge in [-0.3, -0.25) is 4.79 Å². The minimum atomic E-state index is -0.372. The van der Waals surface area contributed by atoms with Gasteiger partial charge >= 0.3 is 0 Å². The van der Waals surface area contributed by atoms with Gasteiger partial charge in [-0.2, -0.15) is 0 Å². The van der Waals surface area contributed by atoms with E-state index in [4.69, 9.17) is 11.6 Å². The molecule has 1 aliphatic heterocycles. The van der Waals surface area contributed by atoms with Crippen LogP contribution in [-0.2, 0) is 6.42 Å². The Kier molecular flexibility index (Phi) is 4.02. The van der Waals surface area contributed by atoms with E-state index in [0.29, 0.717) is 17.1 Å². The van der Waals surface area contributed by atoms with E-state index in [-0.39, 0.29) is 18.6 Å². The van der Waals surface area contributed by atoms with E-state index in [1.807, 2.05) is 49.4 Å². The first-order chi connectivity index (χ1) is 12.1. The highest BCUT2D eigenvalue weighted by molar-refractivity contribution is 6.31. The zero-order valence-corrected chi connectivity index (χ0v) is 14.7. The van der Waals surface area contributed by atoms with E-state index >= 15 is 0 Å². The molecule has 2 aromatic carbocycles. The molecule has 1 atom stereocenters. The van der Waals surface area contributed by atoms with E-state index in [0.717, 1.165) is 34.1 Å². The summed E-state index contributed by atoms with van der Waals surface area (Å²) in [6, 6.07) is 12.9. The Hall–Kier alpha value is -2.30. The number of nitrogens with zero attached hydrogens (tertiary/aromatic N) is 1. The molecule has 0 fully saturated rings. The van der Waals surface area contributed by atoms with Gasteiger partial charge in [0.05, 0.1) is 12.6 Å². The van der Waals surface area contributed by atoms with E-state index in [1.54, 1.807) is 4.90 Å². The van der Waals surface area contributed by atoms with Crippen LogP contribution in [0.1, 0.15) is 33.2 Å². The number of benzene rings is 2. The standard InChI is InChI=1S/C20H19ClN2O2/c1-12-3-2-4-13(9-12)20(25)23-8-7-15-16-10-14(21)5-6-17(16)22-19(15)18(23)11-24/h2-6,9-10,18,22,24H,7-8,11H2,1H3. The van der Waals surface area contributed by atoms with Gasteiger partial charge in [0.25, 0.3) is 5.91 Å². The third-order valence-corrected chi connectivity index (χ3v) is 5.15. The van der Waals surface area contributed by atoms with E-state index in [1.165, 1.54) is 0 Å². The second-order valence-corrected chi connectivity index (χ2v) is 6.96. The number of H-pyrrole nitrogens is 1. The number of hydrogen-bond donors (Lipinski definition) is 2. The largest absolute Gasteiger partial charge is 0.394 e. The summed E-state index contributed by atoms with van der Waals surface area (Å²) in [5.74, 6) is -0.0508. The maximum absolute atomic E-state index is 13.0. The Morgan fingerprint density at radius 3 is 2.92 bits per heavy atom. The van der Waals surface area contributed by atoms with Crippen molar-refractivity contribution in [2.75, 3.05) is 13.2 Å². The summed E-state index contributed by atoms with van der Waals surface area (Å²) in [5, 5.41) is 11.8. The van der Waals surface area contributed by atoms with Gasteiger partial charge in [0, 0.05) is 33.7 Å². The van der Waals surface area contributed by atoms with E-state index in [2.05, 4.69) is 4.98 Å². The van der Waals surface area contributed by atoms with Gasteiger partial charge in [-0.1, -0.05) is 29.3 Å². The Labute approximate surface area is 151 Å². The molecule has 2 N–H and O–H groups in total. The number of aliphatic hydroxyl groups excluding tert-OH is 1. The molecule has 2 heterocycles. The predicted octanol–water partition coefficient (Wildman–Crippen LogP) is 3.86. The fraction of sp³-hybridized carbons (Fsp3) is 0.250. The smallest absolute Gasteiger partial charge is 0.254 e. The number of fused-ring (bicyclic) bond motifs is 3. The van der Waals surface area contributed by atoms with Crippen LogP contribution in [-0.4, -0.2) is 34.0 Å². The lowest BCUT2D eigenvalue weighted by Gasteiger charge is -2.35. The third kappa shape index (κ3) is 2.71. The first-order valence-electron chi connectivity index (χ1n) is 8.37. The summed E-state index contributed by atoms with van der Waals surface area (Å²) in [7, 11) is 0. The number of carbonyl (C=O) groups excluding carboxylic acids is 1. The van der Waals surface area contributed by atoms with Crippen LogP contribution < -0.4 is 0 Å². The summed E-state index contributed by atoms with van der Waals surface area (Å²) in [6.07, 6.45) is 0.740. The van der Waals surface area contributed by atoms with Crippen molar-refractivity contribution < 1.29 is 9.90 Å². The van der Waals surface area contributed by atoms with Crippen molar-refractivity contribution >= 4 is 28.4 Å². The van der Waals surface area contributed by atoms with Gasteiger partial charge in [0.15, 0.2) is 0 Å². The fourth-order valence-electron chi connectivity index (χ4n) is 3.72. The molecular formula is C20H19ClN2O2. The highest BCUT2D eigenvalue weighted by atomic mass is 35.5. The predicted molar refractivity (Wildman–Crippen MR) is 99.1 cm³/mol. The quantitative estimate of drug-likeness (QED) is 0.734. The van der Waals surface area contributed by atoms with Crippen molar-refractivity contribution in [1.82, 2.24) is 9.88 Å². The number of aromatic nitrogens is 1. The SMILES string of the molecule is Cc1cccc(C(=O)N2CCc3c([nH]c4ccc(Cl)cc34)C2CO)c1. The number of halogens is 1. The van der Waals surface area contributed by atoms with Crippen LogP contribution >= 0.6 is 11.6 Å². The molecule has 25 heavy (non-hydrogen) atoms. The van der Waals surface area contributed by atoms with Crippen LogP contribution in [0.4, 0.5) is 0 Å². The second-order valence-electron chi connectivity index (χ2n) is 6.52. The summed E-state index contributed by atoms with van der Waals surface area (Å²) in [4.78, 5) is 18.1. The van der Waals surface area contributed by atoms with Gasteiger partial charge in [0.2, 0.25) is 0 Å². The van der Waals surface area contributed by atoms with Gasteiger partial charge in [-0.15, -0.1) is 0 Å². The number of amides is 1. The lowest BCUT2D eigenvalue weighted by molar-refractivity contribution is 0.0563. The summed E-state index contributed by atoms with van der Waals surface area (Å²) < 4.78 is 0. The van der Waals surface area contributed by atoms with E-state index < -0.39 is 0 Å². The number of aliphatic hydroxyl groups is 1. The maximum Gasteiger partial charge on any atom is 0.254 e. The molecule has 1 amide bonds.